The van der Waals surface area contributed by atoms with E-state index in [1.165, 1.54) is 12.1 Å². The third-order valence-corrected chi connectivity index (χ3v) is 2.45. The second kappa shape index (κ2) is 7.70. The largest absolute Gasteiger partial charge is 0.481 e. The number of ether oxygens (including phenoxy) is 2. The SMILES string of the molecule is COCCNC(=O)C(C)Oc1cc(F)cc(CN)c1. The first-order valence-corrected chi connectivity index (χ1v) is 5.99. The number of carbonyl (C=O) groups excluding carboxylic acids is 1. The van der Waals surface area contributed by atoms with Crippen molar-refractivity contribution in [2.45, 2.75) is 19.6 Å². The van der Waals surface area contributed by atoms with Crippen molar-refractivity contribution in [3.8, 4) is 5.75 Å². The van der Waals surface area contributed by atoms with E-state index in [0.29, 0.717) is 18.7 Å². The zero-order valence-corrected chi connectivity index (χ0v) is 11.1. The summed E-state index contributed by atoms with van der Waals surface area (Å²) in [6, 6.07) is 4.16. The van der Waals surface area contributed by atoms with Crippen LogP contribution in [0.2, 0.25) is 0 Å². The van der Waals surface area contributed by atoms with Gasteiger partial charge in [0.1, 0.15) is 11.6 Å². The first-order chi connectivity index (χ1) is 9.06. The molecule has 0 aromatic heterocycles. The lowest BCUT2D eigenvalue weighted by molar-refractivity contribution is -0.127. The molecule has 1 rings (SSSR count). The number of carbonyl (C=O) groups is 1. The van der Waals surface area contributed by atoms with E-state index in [2.05, 4.69) is 5.32 Å². The monoisotopic (exact) mass is 270 g/mol. The first kappa shape index (κ1) is 15.4. The summed E-state index contributed by atoms with van der Waals surface area (Å²) in [6.07, 6.45) is -0.718. The van der Waals surface area contributed by atoms with Crippen LogP contribution in [0.25, 0.3) is 0 Å². The Hall–Kier alpha value is -1.66. The molecule has 0 fully saturated rings. The lowest BCUT2D eigenvalue weighted by Crippen LogP contribution is -2.37. The summed E-state index contributed by atoms with van der Waals surface area (Å²) in [5.41, 5.74) is 6.06. The fourth-order valence-electron chi connectivity index (χ4n) is 1.48. The molecule has 0 aliphatic carbocycles. The van der Waals surface area contributed by atoms with Crippen LogP contribution in [0.1, 0.15) is 12.5 Å². The van der Waals surface area contributed by atoms with Crippen LogP contribution in [-0.4, -0.2) is 32.3 Å². The highest BCUT2D eigenvalue weighted by Crippen LogP contribution is 2.17. The lowest BCUT2D eigenvalue weighted by Gasteiger charge is -2.15. The Morgan fingerprint density at radius 3 is 2.84 bits per heavy atom. The van der Waals surface area contributed by atoms with Gasteiger partial charge in [-0.3, -0.25) is 4.79 Å². The minimum atomic E-state index is -0.718. The predicted octanol–water partition coefficient (Wildman–Crippen LogP) is 0.814. The van der Waals surface area contributed by atoms with Gasteiger partial charge in [-0.25, -0.2) is 4.39 Å². The Balaban J connectivity index is 2.58. The number of rotatable bonds is 7. The highest BCUT2D eigenvalue weighted by Gasteiger charge is 2.14. The molecule has 0 aliphatic rings. The third-order valence-electron chi connectivity index (χ3n) is 2.45. The fourth-order valence-corrected chi connectivity index (χ4v) is 1.48. The summed E-state index contributed by atoms with van der Waals surface area (Å²) in [7, 11) is 1.55. The topological polar surface area (TPSA) is 73.6 Å². The van der Waals surface area contributed by atoms with Crippen molar-refractivity contribution in [1.29, 1.82) is 0 Å². The molecule has 1 aromatic rings. The normalized spacial score (nSPS) is 12.0. The quantitative estimate of drug-likeness (QED) is 0.719. The number of hydrogen-bond acceptors (Lipinski definition) is 4. The summed E-state index contributed by atoms with van der Waals surface area (Å²) >= 11 is 0. The Bertz CT molecular complexity index is 426. The number of hydrogen-bond donors (Lipinski definition) is 2. The van der Waals surface area contributed by atoms with Gasteiger partial charge in [-0.05, 0) is 24.6 Å². The van der Waals surface area contributed by atoms with Crippen LogP contribution in [0, 0.1) is 5.82 Å². The summed E-state index contributed by atoms with van der Waals surface area (Å²) in [4.78, 5) is 11.7. The smallest absolute Gasteiger partial charge is 0.260 e. The van der Waals surface area contributed by atoms with Crippen LogP contribution in [0.4, 0.5) is 4.39 Å². The number of halogens is 1. The molecule has 0 heterocycles. The van der Waals surface area contributed by atoms with Crippen LogP contribution in [0.15, 0.2) is 18.2 Å². The lowest BCUT2D eigenvalue weighted by atomic mass is 10.2. The molecule has 5 nitrogen and oxygen atoms in total. The molecule has 0 radical (unpaired) electrons. The van der Waals surface area contributed by atoms with Gasteiger partial charge in [-0.15, -0.1) is 0 Å². The second-order valence-electron chi connectivity index (χ2n) is 4.04. The number of nitrogens with two attached hydrogens (primary N) is 1. The van der Waals surface area contributed by atoms with E-state index in [1.807, 2.05) is 0 Å². The second-order valence-corrected chi connectivity index (χ2v) is 4.04. The van der Waals surface area contributed by atoms with Gasteiger partial charge in [0.2, 0.25) is 0 Å². The van der Waals surface area contributed by atoms with E-state index in [1.54, 1.807) is 20.1 Å². The average molecular weight is 270 g/mol. The molecule has 0 aliphatic heterocycles. The van der Waals surface area contributed by atoms with Gasteiger partial charge in [0, 0.05) is 26.3 Å². The van der Waals surface area contributed by atoms with Crippen LogP contribution in [-0.2, 0) is 16.1 Å². The summed E-state index contributed by atoms with van der Waals surface area (Å²) < 4.78 is 23.5. The molecule has 1 aromatic carbocycles. The summed E-state index contributed by atoms with van der Waals surface area (Å²) in [6.45, 7) is 2.63. The maximum absolute atomic E-state index is 13.3. The highest BCUT2D eigenvalue weighted by atomic mass is 19.1. The number of amides is 1. The van der Waals surface area contributed by atoms with E-state index in [9.17, 15) is 9.18 Å². The van der Waals surface area contributed by atoms with Gasteiger partial charge in [-0.1, -0.05) is 0 Å². The maximum atomic E-state index is 13.3. The van der Waals surface area contributed by atoms with Crippen LogP contribution in [0.5, 0.6) is 5.75 Å². The molecule has 0 saturated carbocycles. The van der Waals surface area contributed by atoms with Gasteiger partial charge >= 0.3 is 0 Å². The zero-order chi connectivity index (χ0) is 14.3. The van der Waals surface area contributed by atoms with Gasteiger partial charge in [0.25, 0.3) is 5.91 Å². The Morgan fingerprint density at radius 1 is 1.47 bits per heavy atom. The number of nitrogens with one attached hydrogen (secondary N) is 1. The molecular weight excluding hydrogens is 251 g/mol. The van der Waals surface area contributed by atoms with E-state index in [0.717, 1.165) is 0 Å². The average Bonchev–Trinajstić information content (AvgIpc) is 2.38. The number of benzene rings is 1. The molecule has 0 spiro atoms. The molecule has 106 valence electrons. The van der Waals surface area contributed by atoms with Crippen LogP contribution < -0.4 is 15.8 Å². The van der Waals surface area contributed by atoms with Gasteiger partial charge in [0.15, 0.2) is 6.10 Å². The molecule has 1 atom stereocenters. The standard InChI is InChI=1S/C13H19FN2O3/c1-9(13(17)16-3-4-18-2)19-12-6-10(8-15)5-11(14)7-12/h5-7,9H,3-4,8,15H2,1-2H3,(H,16,17). The summed E-state index contributed by atoms with van der Waals surface area (Å²) in [5, 5.41) is 2.64. The predicted molar refractivity (Wildman–Crippen MR) is 69.3 cm³/mol. The van der Waals surface area contributed by atoms with Gasteiger partial charge in [-0.2, -0.15) is 0 Å². The van der Waals surface area contributed by atoms with Gasteiger partial charge < -0.3 is 20.5 Å². The molecular formula is C13H19FN2O3. The van der Waals surface area contributed by atoms with Crippen molar-refractivity contribution < 1.29 is 18.7 Å². The van der Waals surface area contributed by atoms with Gasteiger partial charge in [0.05, 0.1) is 6.61 Å². The first-order valence-electron chi connectivity index (χ1n) is 5.99. The number of methoxy groups -OCH3 is 1. The van der Waals surface area contributed by atoms with Crippen molar-refractivity contribution in [2.75, 3.05) is 20.3 Å². The van der Waals surface area contributed by atoms with Crippen molar-refractivity contribution in [3.05, 3.63) is 29.6 Å². The van der Waals surface area contributed by atoms with E-state index in [4.69, 9.17) is 15.2 Å². The molecule has 1 amide bonds. The molecule has 3 N–H and O–H groups in total. The summed E-state index contributed by atoms with van der Waals surface area (Å²) in [5.74, 6) is -0.435. The van der Waals surface area contributed by atoms with Crippen molar-refractivity contribution >= 4 is 5.91 Å². The molecule has 19 heavy (non-hydrogen) atoms. The zero-order valence-electron chi connectivity index (χ0n) is 11.1. The van der Waals surface area contributed by atoms with Crippen molar-refractivity contribution in [3.63, 3.8) is 0 Å². The molecule has 0 saturated heterocycles. The fraction of sp³-hybridized carbons (Fsp3) is 0.462. The Kier molecular flexibility index (Phi) is 6.24. The highest BCUT2D eigenvalue weighted by molar-refractivity contribution is 5.80. The van der Waals surface area contributed by atoms with Crippen LogP contribution >= 0.6 is 0 Å². The van der Waals surface area contributed by atoms with E-state index in [-0.39, 0.29) is 18.2 Å². The Labute approximate surface area is 111 Å². The van der Waals surface area contributed by atoms with Crippen molar-refractivity contribution in [2.24, 2.45) is 5.73 Å². The molecule has 6 heteroatoms. The molecule has 0 bridgehead atoms. The third kappa shape index (κ3) is 5.23. The Morgan fingerprint density at radius 2 is 2.21 bits per heavy atom. The van der Waals surface area contributed by atoms with Crippen molar-refractivity contribution in [1.82, 2.24) is 5.32 Å². The minimum Gasteiger partial charge on any atom is -0.481 e. The molecule has 1 unspecified atom stereocenters. The minimum absolute atomic E-state index is 0.211. The van der Waals surface area contributed by atoms with Crippen LogP contribution in [0.3, 0.4) is 0 Å². The van der Waals surface area contributed by atoms with E-state index < -0.39 is 11.9 Å². The van der Waals surface area contributed by atoms with E-state index >= 15 is 0 Å². The maximum Gasteiger partial charge on any atom is 0.260 e.